The Morgan fingerprint density at radius 1 is 1.33 bits per heavy atom. The van der Waals surface area contributed by atoms with Crippen molar-refractivity contribution in [3.63, 3.8) is 0 Å². The highest BCUT2D eigenvalue weighted by molar-refractivity contribution is 7.99. The number of nitro groups is 1. The fourth-order valence-electron chi connectivity index (χ4n) is 1.91. The third-order valence-electron chi connectivity index (χ3n) is 2.77. The van der Waals surface area contributed by atoms with Gasteiger partial charge in [-0.1, -0.05) is 17.8 Å². The topological polar surface area (TPSA) is 93.3 Å². The van der Waals surface area contributed by atoms with Crippen LogP contribution in [0.25, 0.3) is 0 Å². The lowest BCUT2D eigenvalue weighted by molar-refractivity contribution is -0.385. The molecule has 0 saturated carbocycles. The minimum atomic E-state index is -1.06. The molecule has 2 aromatic rings. The van der Waals surface area contributed by atoms with Crippen molar-refractivity contribution in [2.45, 2.75) is 23.8 Å². The lowest BCUT2D eigenvalue weighted by atomic mass is 10.1. The van der Waals surface area contributed by atoms with E-state index in [4.69, 9.17) is 0 Å². The van der Waals surface area contributed by atoms with Crippen molar-refractivity contribution in [3.05, 3.63) is 57.3 Å². The van der Waals surface area contributed by atoms with Gasteiger partial charge in [-0.15, -0.1) is 0 Å². The zero-order chi connectivity index (χ0) is 15.6. The van der Waals surface area contributed by atoms with E-state index in [-0.39, 0.29) is 11.3 Å². The van der Waals surface area contributed by atoms with Crippen LogP contribution in [0.3, 0.4) is 0 Å². The fraction of sp³-hybridized carbons (Fsp3) is 0.143. The number of carboxylic acids is 1. The first kappa shape index (κ1) is 15.0. The summed E-state index contributed by atoms with van der Waals surface area (Å²) in [6.07, 6.45) is 0. The standard InChI is InChI=1S/C14H12N2O4S/c1-8-6-9(2)15-13(12(8)14(17)18)21-11-5-3-4-10(7-11)16(19)20/h3-7H,1-2H3,(H,17,18). The van der Waals surface area contributed by atoms with E-state index < -0.39 is 10.9 Å². The zero-order valence-corrected chi connectivity index (χ0v) is 12.2. The summed E-state index contributed by atoms with van der Waals surface area (Å²) in [6.45, 7) is 3.48. The Labute approximate surface area is 125 Å². The first-order valence-corrected chi connectivity index (χ1v) is 6.84. The van der Waals surface area contributed by atoms with Crippen LogP contribution < -0.4 is 0 Å². The second kappa shape index (κ2) is 5.92. The zero-order valence-electron chi connectivity index (χ0n) is 11.4. The number of benzene rings is 1. The quantitative estimate of drug-likeness (QED) is 0.686. The van der Waals surface area contributed by atoms with Gasteiger partial charge in [-0.05, 0) is 31.5 Å². The van der Waals surface area contributed by atoms with E-state index in [2.05, 4.69) is 4.98 Å². The Balaban J connectivity index is 2.46. The van der Waals surface area contributed by atoms with Crippen LogP contribution in [0.2, 0.25) is 0 Å². The third-order valence-corrected chi connectivity index (χ3v) is 3.75. The molecule has 0 saturated heterocycles. The van der Waals surface area contributed by atoms with Gasteiger partial charge in [0.05, 0.1) is 10.5 Å². The smallest absolute Gasteiger partial charge is 0.338 e. The Morgan fingerprint density at radius 3 is 2.67 bits per heavy atom. The molecule has 1 aromatic carbocycles. The van der Waals surface area contributed by atoms with Gasteiger partial charge in [0.25, 0.3) is 5.69 Å². The van der Waals surface area contributed by atoms with Crippen LogP contribution in [-0.2, 0) is 0 Å². The van der Waals surface area contributed by atoms with Gasteiger partial charge in [-0.2, -0.15) is 0 Å². The molecule has 1 N–H and O–H groups in total. The molecule has 0 fully saturated rings. The number of hydrogen-bond acceptors (Lipinski definition) is 5. The predicted octanol–water partition coefficient (Wildman–Crippen LogP) is 3.46. The average molecular weight is 304 g/mol. The molecule has 0 aliphatic heterocycles. The number of nitrogens with zero attached hydrogens (tertiary/aromatic N) is 2. The molecule has 0 aliphatic rings. The first-order chi connectivity index (χ1) is 9.88. The monoisotopic (exact) mass is 304 g/mol. The fourth-order valence-corrected chi connectivity index (χ4v) is 3.00. The summed E-state index contributed by atoms with van der Waals surface area (Å²) < 4.78 is 0. The van der Waals surface area contributed by atoms with Crippen LogP contribution in [0.15, 0.2) is 40.3 Å². The van der Waals surface area contributed by atoms with Gasteiger partial charge >= 0.3 is 5.97 Å². The molecular weight excluding hydrogens is 292 g/mol. The van der Waals surface area contributed by atoms with Crippen LogP contribution in [0, 0.1) is 24.0 Å². The molecule has 6 nitrogen and oxygen atoms in total. The number of carbonyl (C=O) groups is 1. The summed E-state index contributed by atoms with van der Waals surface area (Å²) in [6, 6.07) is 7.72. The highest BCUT2D eigenvalue weighted by atomic mass is 32.2. The van der Waals surface area contributed by atoms with Gasteiger partial charge < -0.3 is 5.11 Å². The number of carboxylic acid groups (broad SMARTS) is 1. The van der Waals surface area contributed by atoms with E-state index in [9.17, 15) is 20.0 Å². The van der Waals surface area contributed by atoms with Crippen LogP contribution in [-0.4, -0.2) is 21.0 Å². The first-order valence-electron chi connectivity index (χ1n) is 6.02. The Kier molecular flexibility index (Phi) is 4.23. The summed E-state index contributed by atoms with van der Waals surface area (Å²) in [5.74, 6) is -1.06. The van der Waals surface area contributed by atoms with Crippen LogP contribution in [0.1, 0.15) is 21.6 Å². The lowest BCUT2D eigenvalue weighted by Crippen LogP contribution is -2.05. The highest BCUT2D eigenvalue weighted by Gasteiger charge is 2.17. The van der Waals surface area contributed by atoms with Gasteiger partial charge in [-0.3, -0.25) is 10.1 Å². The number of hydrogen-bond donors (Lipinski definition) is 1. The molecule has 0 radical (unpaired) electrons. The van der Waals surface area contributed by atoms with Crippen molar-refractivity contribution in [1.29, 1.82) is 0 Å². The number of rotatable bonds is 4. The maximum absolute atomic E-state index is 11.4. The van der Waals surface area contributed by atoms with Crippen molar-refractivity contribution in [3.8, 4) is 0 Å². The van der Waals surface area contributed by atoms with Gasteiger partial charge in [0, 0.05) is 22.7 Å². The molecule has 0 unspecified atom stereocenters. The number of aryl methyl sites for hydroxylation is 2. The Bertz CT molecular complexity index is 731. The Morgan fingerprint density at radius 2 is 2.05 bits per heavy atom. The van der Waals surface area contributed by atoms with E-state index in [0.717, 1.165) is 11.8 Å². The molecule has 7 heteroatoms. The summed E-state index contributed by atoms with van der Waals surface area (Å²) in [5, 5.41) is 20.4. The molecule has 0 spiro atoms. The summed E-state index contributed by atoms with van der Waals surface area (Å²) in [4.78, 5) is 26.5. The van der Waals surface area contributed by atoms with E-state index in [0.29, 0.717) is 21.2 Å². The predicted molar refractivity (Wildman–Crippen MR) is 77.9 cm³/mol. The van der Waals surface area contributed by atoms with Crippen molar-refractivity contribution in [2.24, 2.45) is 0 Å². The largest absolute Gasteiger partial charge is 0.478 e. The number of aromatic carboxylic acids is 1. The normalized spacial score (nSPS) is 10.4. The van der Waals surface area contributed by atoms with Gasteiger partial charge in [0.15, 0.2) is 0 Å². The number of aromatic nitrogens is 1. The molecule has 1 heterocycles. The molecule has 0 aliphatic carbocycles. The second-order valence-corrected chi connectivity index (χ2v) is 5.48. The molecule has 108 valence electrons. The minimum Gasteiger partial charge on any atom is -0.478 e. The maximum atomic E-state index is 11.4. The van der Waals surface area contributed by atoms with E-state index in [1.165, 1.54) is 12.1 Å². The highest BCUT2D eigenvalue weighted by Crippen LogP contribution is 2.32. The Hall–Kier alpha value is -2.41. The molecule has 0 bridgehead atoms. The molecule has 0 amide bonds. The third kappa shape index (κ3) is 3.38. The van der Waals surface area contributed by atoms with Crippen molar-refractivity contribution < 1.29 is 14.8 Å². The van der Waals surface area contributed by atoms with Crippen LogP contribution in [0.4, 0.5) is 5.69 Å². The number of nitro benzene ring substituents is 1. The van der Waals surface area contributed by atoms with Crippen LogP contribution in [0.5, 0.6) is 0 Å². The molecular formula is C14H12N2O4S. The molecule has 0 atom stereocenters. The van der Waals surface area contributed by atoms with Gasteiger partial charge in [-0.25, -0.2) is 9.78 Å². The van der Waals surface area contributed by atoms with Gasteiger partial charge in [0.1, 0.15) is 5.03 Å². The molecule has 1 aromatic heterocycles. The number of non-ortho nitro benzene ring substituents is 1. The van der Waals surface area contributed by atoms with E-state index in [1.54, 1.807) is 32.0 Å². The number of pyridine rings is 1. The van der Waals surface area contributed by atoms with Crippen molar-refractivity contribution in [2.75, 3.05) is 0 Å². The maximum Gasteiger partial charge on any atom is 0.338 e. The summed E-state index contributed by atoms with van der Waals surface area (Å²) >= 11 is 1.11. The van der Waals surface area contributed by atoms with Crippen molar-refractivity contribution >= 4 is 23.4 Å². The second-order valence-electron chi connectivity index (χ2n) is 4.42. The van der Waals surface area contributed by atoms with E-state index in [1.807, 2.05) is 0 Å². The van der Waals surface area contributed by atoms with Gasteiger partial charge in [0.2, 0.25) is 0 Å². The summed E-state index contributed by atoms with van der Waals surface area (Å²) in [5.41, 5.74) is 1.40. The van der Waals surface area contributed by atoms with Crippen LogP contribution >= 0.6 is 11.8 Å². The van der Waals surface area contributed by atoms with Crippen molar-refractivity contribution in [1.82, 2.24) is 4.98 Å². The minimum absolute atomic E-state index is 0.0405. The molecule has 2 rings (SSSR count). The van der Waals surface area contributed by atoms with E-state index >= 15 is 0 Å². The summed E-state index contributed by atoms with van der Waals surface area (Å²) in [7, 11) is 0. The SMILES string of the molecule is Cc1cc(C)c(C(=O)O)c(Sc2cccc([N+](=O)[O-])c2)n1. The lowest BCUT2D eigenvalue weighted by Gasteiger charge is -2.09. The average Bonchev–Trinajstić information content (AvgIpc) is 2.37. The molecule has 21 heavy (non-hydrogen) atoms.